The molecule has 4 aliphatic heterocycles. The van der Waals surface area contributed by atoms with Gasteiger partial charge >= 0.3 is 11.9 Å². The molecule has 0 radical (unpaired) electrons. The number of oxime groups is 1. The van der Waals surface area contributed by atoms with Crippen molar-refractivity contribution < 1.29 is 38.3 Å². The van der Waals surface area contributed by atoms with Crippen molar-refractivity contribution in [2.75, 3.05) is 57.6 Å². The Bertz CT molecular complexity index is 1350. The van der Waals surface area contributed by atoms with Crippen LogP contribution in [0.3, 0.4) is 0 Å². The van der Waals surface area contributed by atoms with Crippen LogP contribution < -0.4 is 11.1 Å². The third-order valence-electron chi connectivity index (χ3n) is 7.19. The van der Waals surface area contributed by atoms with E-state index >= 15 is 0 Å². The van der Waals surface area contributed by atoms with E-state index in [9.17, 15) is 24.3 Å². The van der Waals surface area contributed by atoms with Crippen molar-refractivity contribution in [2.45, 2.75) is 24.3 Å². The van der Waals surface area contributed by atoms with Gasteiger partial charge in [0.1, 0.15) is 43.1 Å². The van der Waals surface area contributed by atoms with Crippen LogP contribution in [0.5, 0.6) is 0 Å². The normalized spacial score (nSPS) is 23.8. The van der Waals surface area contributed by atoms with Gasteiger partial charge < -0.3 is 30.2 Å². The summed E-state index contributed by atoms with van der Waals surface area (Å²) >= 11 is 3.80. The van der Waals surface area contributed by atoms with Gasteiger partial charge in [0.15, 0.2) is 10.8 Å². The molecule has 0 aliphatic carbocycles. The maximum Gasteiger partial charge on any atom is 0.355 e. The number of nitrogens with one attached hydrogen (secondary N) is 1. The van der Waals surface area contributed by atoms with Crippen LogP contribution in [0.1, 0.15) is 18.5 Å². The molecule has 2 amide bonds. The van der Waals surface area contributed by atoms with Crippen LogP contribution in [0.25, 0.3) is 0 Å². The molecule has 0 aromatic carbocycles. The van der Waals surface area contributed by atoms with E-state index in [2.05, 4.69) is 22.5 Å². The summed E-state index contributed by atoms with van der Waals surface area (Å²) in [5.41, 5.74) is 7.34. The Balaban J connectivity index is 1.36. The number of amides is 2. The standard InChI is InChI=1S/C24H28N6O7S3/c1-30(5-3-4-6-30)7-12-9-39-21-16(27-19(31)15(28-36-2)14-11-40-24(25)26-14)20(32)29(21)17(12)23(35)37-8-13-10-38-18(13)22(33)34/h11,16,21H,3-10H2,1-2H3,(H3-,25,26,27,31,33,34)/p+1/b28-15-/t16-,21-/m1/s1. The molecule has 0 spiro atoms. The van der Waals surface area contributed by atoms with Crippen LogP contribution in [-0.4, -0.2) is 112 Å². The quantitative estimate of drug-likeness (QED) is 0.111. The molecule has 5 rings (SSSR count). The first-order chi connectivity index (χ1) is 19.1. The predicted molar refractivity (Wildman–Crippen MR) is 150 cm³/mol. The molecule has 5 heterocycles. The lowest BCUT2D eigenvalue weighted by Gasteiger charge is -2.50. The van der Waals surface area contributed by atoms with Gasteiger partial charge in [-0.05, 0) is 5.57 Å². The van der Waals surface area contributed by atoms with Crippen molar-refractivity contribution in [3.8, 4) is 0 Å². The fourth-order valence-electron chi connectivity index (χ4n) is 5.20. The van der Waals surface area contributed by atoms with E-state index in [0.29, 0.717) is 23.6 Å². The number of likely N-dealkylation sites (tertiary alicyclic amines) is 1. The fourth-order valence-corrected chi connectivity index (χ4v) is 7.84. The Hall–Kier alpha value is -3.08. The Morgan fingerprint density at radius 2 is 2.02 bits per heavy atom. The number of β-lactam (4-membered cyclic amide) rings is 1. The average molecular weight is 610 g/mol. The third kappa shape index (κ3) is 5.44. The smallest absolute Gasteiger partial charge is 0.355 e. The minimum Gasteiger partial charge on any atom is -0.477 e. The average Bonchev–Trinajstić information content (AvgIpc) is 3.52. The highest BCUT2D eigenvalue weighted by Gasteiger charge is 2.55. The zero-order valence-corrected chi connectivity index (χ0v) is 24.3. The summed E-state index contributed by atoms with van der Waals surface area (Å²) in [7, 11) is 3.43. The summed E-state index contributed by atoms with van der Waals surface area (Å²) in [5.74, 6) is -1.86. The van der Waals surface area contributed by atoms with E-state index < -0.39 is 35.2 Å². The van der Waals surface area contributed by atoms with Crippen LogP contribution in [0.4, 0.5) is 5.13 Å². The fraction of sp³-hybridized carbons (Fsp3) is 0.500. The molecule has 0 bridgehead atoms. The minimum absolute atomic E-state index is 0.120. The molecule has 40 heavy (non-hydrogen) atoms. The minimum atomic E-state index is -1.05. The monoisotopic (exact) mass is 609 g/mol. The maximum atomic E-state index is 13.4. The number of ether oxygens (including phenoxy) is 1. The van der Waals surface area contributed by atoms with Crippen LogP contribution in [-0.2, 0) is 28.8 Å². The third-order valence-corrected chi connectivity index (χ3v) is 10.4. The van der Waals surface area contributed by atoms with Gasteiger partial charge in [-0.25, -0.2) is 14.6 Å². The van der Waals surface area contributed by atoms with Gasteiger partial charge in [0.05, 0.1) is 25.0 Å². The molecule has 4 aliphatic rings. The molecular formula is C24H29N6O7S3+. The number of carbonyl (C=O) groups is 4. The molecule has 16 heteroatoms. The maximum absolute atomic E-state index is 13.4. The summed E-state index contributed by atoms with van der Waals surface area (Å²) in [5, 5.41) is 17.0. The van der Waals surface area contributed by atoms with Gasteiger partial charge in [0, 0.05) is 35.3 Å². The molecule has 13 nitrogen and oxygen atoms in total. The second-order valence-corrected chi connectivity index (χ2v) is 13.0. The van der Waals surface area contributed by atoms with Crippen LogP contribution in [0, 0.1) is 0 Å². The summed E-state index contributed by atoms with van der Waals surface area (Å²) in [6.07, 6.45) is 2.19. The number of thioether (sulfide) groups is 2. The van der Waals surface area contributed by atoms with Gasteiger partial charge in [-0.15, -0.1) is 34.9 Å². The number of esters is 1. The van der Waals surface area contributed by atoms with Crippen molar-refractivity contribution in [1.29, 1.82) is 0 Å². The molecule has 2 saturated heterocycles. The van der Waals surface area contributed by atoms with Crippen molar-refractivity contribution >= 4 is 69.5 Å². The van der Waals surface area contributed by atoms with E-state index in [4.69, 9.17) is 15.3 Å². The lowest BCUT2D eigenvalue weighted by atomic mass is 10.0. The SMILES string of the molecule is CO/N=C(\C(=O)N[C@@H]1C(=O)N2C(C(=O)OCC3=C(C(=O)O)SC3)=C(C[N+]3(C)CCCC3)CS[C@H]12)c1csc(N)n1. The number of hydrogen-bond donors (Lipinski definition) is 3. The van der Waals surface area contributed by atoms with E-state index in [0.717, 1.165) is 47.3 Å². The number of nitrogen functional groups attached to an aromatic ring is 1. The number of anilines is 1. The number of fused-ring (bicyclic) bond motifs is 1. The number of rotatable bonds is 10. The van der Waals surface area contributed by atoms with Crippen LogP contribution in [0.2, 0.25) is 0 Å². The van der Waals surface area contributed by atoms with Gasteiger partial charge in [0.25, 0.3) is 11.8 Å². The zero-order valence-electron chi connectivity index (χ0n) is 21.9. The van der Waals surface area contributed by atoms with Crippen LogP contribution >= 0.6 is 34.9 Å². The summed E-state index contributed by atoms with van der Waals surface area (Å²) in [6.45, 7) is 2.40. The number of aliphatic carboxylic acids is 1. The van der Waals surface area contributed by atoms with E-state index in [1.165, 1.54) is 35.5 Å². The molecule has 214 valence electrons. The lowest BCUT2D eigenvalue weighted by Crippen LogP contribution is -2.71. The Kier molecular flexibility index (Phi) is 8.13. The van der Waals surface area contributed by atoms with Gasteiger partial charge in [-0.3, -0.25) is 14.5 Å². The summed E-state index contributed by atoms with van der Waals surface area (Å²) in [4.78, 5) is 61.8. The predicted octanol–water partition coefficient (Wildman–Crippen LogP) is 0.599. The number of carboxylic acid groups (broad SMARTS) is 1. The van der Waals surface area contributed by atoms with Crippen molar-refractivity contribution in [2.24, 2.45) is 5.16 Å². The molecule has 2 atom stereocenters. The van der Waals surface area contributed by atoms with Gasteiger partial charge in [-0.2, -0.15) is 0 Å². The highest BCUT2D eigenvalue weighted by atomic mass is 32.2. The Morgan fingerprint density at radius 3 is 2.62 bits per heavy atom. The first-order valence-corrected chi connectivity index (χ1v) is 15.4. The number of quaternary nitrogens is 1. The number of aromatic nitrogens is 1. The number of hydrogen-bond acceptors (Lipinski definition) is 12. The number of likely N-dealkylation sites (N-methyl/N-ethyl adjacent to an activating group) is 1. The second kappa shape index (κ2) is 11.4. The van der Waals surface area contributed by atoms with E-state index in [-0.39, 0.29) is 33.7 Å². The summed E-state index contributed by atoms with van der Waals surface area (Å²) < 4.78 is 6.32. The van der Waals surface area contributed by atoms with Crippen molar-refractivity contribution in [1.82, 2.24) is 15.2 Å². The number of thiazole rings is 1. The summed E-state index contributed by atoms with van der Waals surface area (Å²) in [6, 6.07) is -0.902. The number of nitrogens with zero attached hydrogens (tertiary/aromatic N) is 4. The molecule has 1 aromatic rings. The van der Waals surface area contributed by atoms with Gasteiger partial charge in [-0.1, -0.05) is 5.16 Å². The van der Waals surface area contributed by atoms with Crippen molar-refractivity contribution in [3.63, 3.8) is 0 Å². The Morgan fingerprint density at radius 1 is 1.27 bits per heavy atom. The lowest BCUT2D eigenvalue weighted by molar-refractivity contribution is -0.893. The molecular weight excluding hydrogens is 581 g/mol. The highest BCUT2D eigenvalue weighted by Crippen LogP contribution is 2.42. The molecule has 2 fully saturated rings. The van der Waals surface area contributed by atoms with Crippen LogP contribution in [0.15, 0.2) is 32.3 Å². The largest absolute Gasteiger partial charge is 0.477 e. The first kappa shape index (κ1) is 28.4. The van der Waals surface area contributed by atoms with Crippen molar-refractivity contribution in [3.05, 3.63) is 32.8 Å². The number of carboxylic acids is 1. The highest BCUT2D eigenvalue weighted by molar-refractivity contribution is 8.05. The Labute approximate surface area is 242 Å². The molecule has 4 N–H and O–H groups in total. The molecule has 1 aromatic heterocycles. The second-order valence-electron chi connectivity index (χ2n) is 10.0. The molecule has 0 unspecified atom stereocenters. The van der Waals surface area contributed by atoms with E-state index in [1.54, 1.807) is 5.38 Å². The number of carbonyl (C=O) groups excluding carboxylic acids is 3. The van der Waals surface area contributed by atoms with Gasteiger partial charge in [0.2, 0.25) is 0 Å². The topological polar surface area (TPSA) is 174 Å². The molecule has 0 saturated carbocycles. The van der Waals surface area contributed by atoms with E-state index in [1.807, 2.05) is 0 Å². The number of nitrogens with two attached hydrogens (primary N) is 1. The zero-order chi connectivity index (χ0) is 28.6. The first-order valence-electron chi connectivity index (χ1n) is 12.5.